The van der Waals surface area contributed by atoms with E-state index in [1.54, 1.807) is 30.8 Å². The molecule has 0 radical (unpaired) electrons. The van der Waals surface area contributed by atoms with Gasteiger partial charge in [0.25, 0.3) is 5.56 Å². The number of fused-ring (bicyclic) bond motifs is 1. The highest BCUT2D eigenvalue weighted by molar-refractivity contribution is 8.00. The molecule has 2 aromatic rings. The zero-order chi connectivity index (χ0) is 17.3. The molecule has 5 nitrogen and oxygen atoms in total. The Morgan fingerprint density at radius 3 is 3.04 bits per heavy atom. The first-order valence-electron chi connectivity index (χ1n) is 7.37. The van der Waals surface area contributed by atoms with E-state index in [1.807, 2.05) is 13.0 Å². The Bertz CT molecular complexity index is 854. The Morgan fingerprint density at radius 2 is 2.25 bits per heavy atom. The number of nitrogens with one attached hydrogen (secondary N) is 2. The van der Waals surface area contributed by atoms with Gasteiger partial charge >= 0.3 is 0 Å². The van der Waals surface area contributed by atoms with Gasteiger partial charge in [0.15, 0.2) is 5.16 Å². The van der Waals surface area contributed by atoms with Gasteiger partial charge < -0.3 is 10.3 Å². The number of thioether (sulfide) groups is 2. The first kappa shape index (κ1) is 17.4. The highest BCUT2D eigenvalue weighted by atomic mass is 35.5. The monoisotopic (exact) mass is 381 g/mol. The lowest BCUT2D eigenvalue weighted by molar-refractivity contribution is -0.115. The van der Waals surface area contributed by atoms with Crippen LogP contribution in [0, 0.1) is 6.92 Å². The first-order chi connectivity index (χ1) is 11.4. The van der Waals surface area contributed by atoms with Crippen LogP contribution in [0.25, 0.3) is 0 Å². The van der Waals surface area contributed by atoms with Gasteiger partial charge in [0.1, 0.15) is 0 Å². The van der Waals surface area contributed by atoms with E-state index in [2.05, 4.69) is 15.3 Å². The molecule has 3 rings (SSSR count). The zero-order valence-corrected chi connectivity index (χ0v) is 15.6. The number of hydrogen-bond donors (Lipinski definition) is 2. The van der Waals surface area contributed by atoms with Gasteiger partial charge in [0.05, 0.1) is 10.9 Å². The van der Waals surface area contributed by atoms with E-state index in [0.29, 0.717) is 21.6 Å². The summed E-state index contributed by atoms with van der Waals surface area (Å²) < 4.78 is 0. The van der Waals surface area contributed by atoms with E-state index < -0.39 is 5.25 Å². The van der Waals surface area contributed by atoms with Gasteiger partial charge in [0, 0.05) is 27.8 Å². The molecule has 24 heavy (non-hydrogen) atoms. The Morgan fingerprint density at radius 1 is 1.46 bits per heavy atom. The highest BCUT2D eigenvalue weighted by Crippen LogP contribution is 2.28. The van der Waals surface area contributed by atoms with Crippen molar-refractivity contribution in [2.45, 2.75) is 35.8 Å². The van der Waals surface area contributed by atoms with E-state index in [0.717, 1.165) is 22.6 Å². The Hall–Kier alpha value is -1.44. The zero-order valence-electron chi connectivity index (χ0n) is 13.2. The van der Waals surface area contributed by atoms with Crippen molar-refractivity contribution >= 4 is 46.7 Å². The number of aromatic amines is 1. The summed E-state index contributed by atoms with van der Waals surface area (Å²) in [6.45, 7) is 3.68. The van der Waals surface area contributed by atoms with Crippen molar-refractivity contribution in [1.82, 2.24) is 9.97 Å². The number of aryl methyl sites for hydroxylation is 1. The maximum atomic E-state index is 12.4. The second-order valence-electron chi connectivity index (χ2n) is 5.50. The summed E-state index contributed by atoms with van der Waals surface area (Å²) in [6, 6.07) is 5.35. The van der Waals surface area contributed by atoms with Crippen molar-refractivity contribution in [2.24, 2.45) is 0 Å². The van der Waals surface area contributed by atoms with Crippen LogP contribution < -0.4 is 10.9 Å². The van der Waals surface area contributed by atoms with E-state index in [-0.39, 0.29) is 11.5 Å². The summed E-state index contributed by atoms with van der Waals surface area (Å²) in [5, 5.41) is 3.51. The second-order valence-corrected chi connectivity index (χ2v) is 8.25. The molecule has 2 heterocycles. The van der Waals surface area contributed by atoms with Crippen LogP contribution in [0.5, 0.6) is 0 Å². The third-order valence-corrected chi connectivity index (χ3v) is 5.87. The summed E-state index contributed by atoms with van der Waals surface area (Å²) in [4.78, 5) is 31.6. The standard InChI is InChI=1S/C16H16ClN3O2S2/c1-8-3-4-10(17)5-12(8)18-14(21)9(2)24-16-19-13-7-23-6-11(13)15(22)20-16/h3-5,9H,6-7H2,1-2H3,(H,18,21)(H,19,20,22). The van der Waals surface area contributed by atoms with Crippen LogP contribution in [0.1, 0.15) is 23.7 Å². The lowest BCUT2D eigenvalue weighted by Gasteiger charge is -2.13. The smallest absolute Gasteiger partial charge is 0.255 e. The summed E-state index contributed by atoms with van der Waals surface area (Å²) in [7, 11) is 0. The number of halogens is 1. The van der Waals surface area contributed by atoms with Crippen LogP contribution in [0.2, 0.25) is 5.02 Å². The molecule has 8 heteroatoms. The Balaban J connectivity index is 1.72. The number of rotatable bonds is 4. The number of amides is 1. The van der Waals surface area contributed by atoms with Crippen molar-refractivity contribution in [2.75, 3.05) is 5.32 Å². The molecule has 1 aliphatic rings. The number of benzene rings is 1. The van der Waals surface area contributed by atoms with Gasteiger partial charge in [-0.2, -0.15) is 11.8 Å². The molecular weight excluding hydrogens is 366 g/mol. The predicted octanol–water partition coefficient (Wildman–Crippen LogP) is 3.60. The average molecular weight is 382 g/mol. The van der Waals surface area contributed by atoms with Crippen LogP contribution in [0.3, 0.4) is 0 Å². The minimum Gasteiger partial charge on any atom is -0.325 e. The molecule has 126 valence electrons. The van der Waals surface area contributed by atoms with Crippen molar-refractivity contribution in [3.63, 3.8) is 0 Å². The molecule has 0 saturated carbocycles. The normalized spacial score (nSPS) is 14.3. The van der Waals surface area contributed by atoms with Gasteiger partial charge in [-0.15, -0.1) is 0 Å². The van der Waals surface area contributed by atoms with Crippen molar-refractivity contribution in [3.8, 4) is 0 Å². The van der Waals surface area contributed by atoms with Crippen LogP contribution >= 0.6 is 35.1 Å². The third kappa shape index (κ3) is 3.79. The fraction of sp³-hybridized carbons (Fsp3) is 0.312. The number of nitrogens with zero attached hydrogens (tertiary/aromatic N) is 1. The lowest BCUT2D eigenvalue weighted by atomic mass is 10.2. The number of H-pyrrole nitrogens is 1. The number of carbonyl (C=O) groups excluding carboxylic acids is 1. The van der Waals surface area contributed by atoms with Gasteiger partial charge in [-0.1, -0.05) is 29.4 Å². The van der Waals surface area contributed by atoms with Crippen LogP contribution in [-0.4, -0.2) is 21.1 Å². The second kappa shape index (κ2) is 7.21. The highest BCUT2D eigenvalue weighted by Gasteiger charge is 2.21. The molecular formula is C16H16ClN3O2S2. The summed E-state index contributed by atoms with van der Waals surface area (Å²) in [5.74, 6) is 1.28. The molecule has 0 saturated heterocycles. The lowest BCUT2D eigenvalue weighted by Crippen LogP contribution is -2.24. The maximum Gasteiger partial charge on any atom is 0.255 e. The van der Waals surface area contributed by atoms with E-state index in [9.17, 15) is 9.59 Å². The van der Waals surface area contributed by atoms with Crippen molar-refractivity contribution < 1.29 is 4.79 Å². The van der Waals surface area contributed by atoms with Gasteiger partial charge in [0.2, 0.25) is 5.91 Å². The molecule has 2 N–H and O–H groups in total. The fourth-order valence-corrected chi connectivity index (χ4v) is 4.30. The van der Waals surface area contributed by atoms with Crippen LogP contribution in [0.4, 0.5) is 5.69 Å². The average Bonchev–Trinajstić information content (AvgIpc) is 2.99. The summed E-state index contributed by atoms with van der Waals surface area (Å²) in [5.41, 5.74) is 3.09. The largest absolute Gasteiger partial charge is 0.325 e. The molecule has 0 aliphatic carbocycles. The predicted molar refractivity (Wildman–Crippen MR) is 100.0 cm³/mol. The molecule has 0 bridgehead atoms. The van der Waals surface area contributed by atoms with E-state index >= 15 is 0 Å². The van der Waals surface area contributed by atoms with Gasteiger partial charge in [-0.25, -0.2) is 4.98 Å². The maximum absolute atomic E-state index is 12.4. The molecule has 1 unspecified atom stereocenters. The summed E-state index contributed by atoms with van der Waals surface area (Å²) >= 11 is 8.89. The Labute approximate surface area is 153 Å². The number of carbonyl (C=O) groups is 1. The third-order valence-electron chi connectivity index (χ3n) is 3.68. The van der Waals surface area contributed by atoms with Gasteiger partial charge in [-0.05, 0) is 31.5 Å². The molecule has 1 aliphatic heterocycles. The molecule has 0 spiro atoms. The minimum absolute atomic E-state index is 0.106. The minimum atomic E-state index is -0.404. The van der Waals surface area contributed by atoms with Crippen molar-refractivity contribution in [3.05, 3.63) is 50.4 Å². The first-order valence-corrected chi connectivity index (χ1v) is 9.79. The molecule has 1 aromatic heterocycles. The molecule has 1 aromatic carbocycles. The quantitative estimate of drug-likeness (QED) is 0.625. The number of aromatic nitrogens is 2. The van der Waals surface area contributed by atoms with Crippen LogP contribution in [0.15, 0.2) is 28.2 Å². The van der Waals surface area contributed by atoms with E-state index in [1.165, 1.54) is 11.8 Å². The topological polar surface area (TPSA) is 74.8 Å². The fourth-order valence-electron chi connectivity index (χ4n) is 2.28. The Kier molecular flexibility index (Phi) is 5.22. The van der Waals surface area contributed by atoms with Gasteiger partial charge in [-0.3, -0.25) is 9.59 Å². The number of anilines is 1. The molecule has 0 fully saturated rings. The molecule has 1 atom stereocenters. The summed E-state index contributed by atoms with van der Waals surface area (Å²) in [6.07, 6.45) is 0. The van der Waals surface area contributed by atoms with Crippen molar-refractivity contribution in [1.29, 1.82) is 0 Å². The molecule has 1 amide bonds. The number of hydrogen-bond acceptors (Lipinski definition) is 5. The SMILES string of the molecule is Cc1ccc(Cl)cc1NC(=O)C(C)Sc1nc2c(c(=O)[nH]1)CSC2. The van der Waals surface area contributed by atoms with E-state index in [4.69, 9.17) is 11.6 Å². The van der Waals surface area contributed by atoms with Crippen LogP contribution in [-0.2, 0) is 16.3 Å².